The minimum atomic E-state index is 0.715. The molecular weight excluding hydrogens is 184 g/mol. The number of fused-ring (bicyclic) bond motifs is 1. The Morgan fingerprint density at radius 1 is 1.23 bits per heavy atom. The zero-order valence-electron chi connectivity index (χ0n) is 7.35. The van der Waals surface area contributed by atoms with Gasteiger partial charge in [0.2, 0.25) is 0 Å². The molecule has 2 heterocycles. The maximum absolute atomic E-state index is 4.21. The molecule has 0 amide bonds. The summed E-state index contributed by atoms with van der Waals surface area (Å²) >= 11 is 1.57. The third-order valence-corrected chi connectivity index (χ3v) is 2.38. The summed E-state index contributed by atoms with van der Waals surface area (Å²) in [5.41, 5.74) is 0.715. The van der Waals surface area contributed by atoms with E-state index in [2.05, 4.69) is 19.9 Å². The summed E-state index contributed by atoms with van der Waals surface area (Å²) in [7, 11) is 0. The lowest BCUT2D eigenvalue weighted by Gasteiger charge is -2.00. The summed E-state index contributed by atoms with van der Waals surface area (Å²) in [5.74, 6) is 0.734. The highest BCUT2D eigenvalue weighted by Gasteiger charge is 2.03. The predicted octanol–water partition coefficient (Wildman–Crippen LogP) is 1.45. The maximum atomic E-state index is 4.21. The van der Waals surface area contributed by atoms with Crippen LogP contribution in [0, 0.1) is 6.92 Å². The van der Waals surface area contributed by atoms with Gasteiger partial charge < -0.3 is 0 Å². The fourth-order valence-electron chi connectivity index (χ4n) is 1.08. The number of hydrogen-bond donors (Lipinski definition) is 0. The monoisotopic (exact) mass is 192 g/mol. The third-order valence-electron chi connectivity index (χ3n) is 1.67. The van der Waals surface area contributed by atoms with E-state index in [4.69, 9.17) is 0 Å². The summed E-state index contributed by atoms with van der Waals surface area (Å²) < 4.78 is 0. The second-order valence-corrected chi connectivity index (χ2v) is 3.33. The van der Waals surface area contributed by atoms with Gasteiger partial charge in [0.1, 0.15) is 17.2 Å². The van der Waals surface area contributed by atoms with Crippen LogP contribution in [0.4, 0.5) is 0 Å². The van der Waals surface area contributed by atoms with Gasteiger partial charge in [-0.2, -0.15) is 0 Å². The van der Waals surface area contributed by atoms with Crippen LogP contribution >= 0.6 is 11.8 Å². The van der Waals surface area contributed by atoms with Gasteiger partial charge in [0.15, 0.2) is 5.65 Å². The second-order valence-electron chi connectivity index (χ2n) is 2.54. The zero-order valence-corrected chi connectivity index (χ0v) is 8.17. The minimum absolute atomic E-state index is 0.715. The lowest BCUT2D eigenvalue weighted by atomic mass is 10.4. The normalized spacial score (nSPS) is 10.6. The predicted molar refractivity (Wildman–Crippen MR) is 51.6 cm³/mol. The topological polar surface area (TPSA) is 51.6 Å². The average Bonchev–Trinajstić information content (AvgIpc) is 2.16. The van der Waals surface area contributed by atoms with Crippen LogP contribution in [0.3, 0.4) is 0 Å². The molecule has 0 fully saturated rings. The maximum Gasteiger partial charge on any atom is 0.167 e. The van der Waals surface area contributed by atoms with Crippen LogP contribution in [-0.2, 0) is 0 Å². The first-order valence-electron chi connectivity index (χ1n) is 3.79. The van der Waals surface area contributed by atoms with E-state index in [0.717, 1.165) is 16.2 Å². The van der Waals surface area contributed by atoms with Crippen molar-refractivity contribution in [3.05, 3.63) is 18.3 Å². The highest BCUT2D eigenvalue weighted by Crippen LogP contribution is 2.19. The summed E-state index contributed by atoms with van der Waals surface area (Å²) in [6.45, 7) is 1.85. The van der Waals surface area contributed by atoms with Crippen LogP contribution in [0.1, 0.15) is 5.82 Å². The van der Waals surface area contributed by atoms with Crippen molar-refractivity contribution in [1.82, 2.24) is 19.9 Å². The quantitative estimate of drug-likeness (QED) is 0.505. The Balaban J connectivity index is 2.77. The Bertz CT molecular complexity index is 443. The Morgan fingerprint density at radius 3 is 2.85 bits per heavy atom. The number of thioether (sulfide) groups is 1. The van der Waals surface area contributed by atoms with E-state index in [1.165, 1.54) is 6.33 Å². The lowest BCUT2D eigenvalue weighted by Crippen LogP contribution is -1.93. The van der Waals surface area contributed by atoms with Crippen molar-refractivity contribution < 1.29 is 0 Å². The van der Waals surface area contributed by atoms with Gasteiger partial charge in [-0.25, -0.2) is 19.9 Å². The van der Waals surface area contributed by atoms with E-state index in [1.807, 2.05) is 13.2 Å². The Hall–Kier alpha value is -1.23. The number of aromatic nitrogens is 4. The molecule has 66 valence electrons. The highest BCUT2D eigenvalue weighted by atomic mass is 32.2. The third kappa shape index (κ3) is 1.47. The molecule has 13 heavy (non-hydrogen) atoms. The van der Waals surface area contributed by atoms with E-state index in [1.54, 1.807) is 18.0 Å². The second kappa shape index (κ2) is 3.26. The molecule has 0 saturated heterocycles. The molecule has 0 atom stereocenters. The van der Waals surface area contributed by atoms with Crippen molar-refractivity contribution in [2.24, 2.45) is 0 Å². The average molecular weight is 192 g/mol. The fraction of sp³-hybridized carbons (Fsp3) is 0.250. The first-order chi connectivity index (χ1) is 6.31. The van der Waals surface area contributed by atoms with E-state index in [-0.39, 0.29) is 0 Å². The minimum Gasteiger partial charge on any atom is -0.241 e. The van der Waals surface area contributed by atoms with Gasteiger partial charge in [0, 0.05) is 6.20 Å². The van der Waals surface area contributed by atoms with Crippen molar-refractivity contribution in [3.8, 4) is 0 Å². The summed E-state index contributed by atoms with van der Waals surface area (Å²) in [4.78, 5) is 16.5. The lowest BCUT2D eigenvalue weighted by molar-refractivity contribution is 1.02. The number of aryl methyl sites for hydroxylation is 1. The standard InChI is InChI=1S/C8H8N4S/c1-5-9-3-6-7(12-5)10-4-11-8(6)13-2/h3-4H,1-2H3. The largest absolute Gasteiger partial charge is 0.241 e. The van der Waals surface area contributed by atoms with Crippen molar-refractivity contribution >= 4 is 22.8 Å². The zero-order chi connectivity index (χ0) is 9.26. The molecule has 2 aromatic rings. The molecule has 2 rings (SSSR count). The molecule has 0 radical (unpaired) electrons. The van der Waals surface area contributed by atoms with Crippen molar-refractivity contribution in [2.45, 2.75) is 11.9 Å². The van der Waals surface area contributed by atoms with Gasteiger partial charge in [-0.05, 0) is 13.2 Å². The molecule has 0 aliphatic carbocycles. The number of rotatable bonds is 1. The molecule has 0 aromatic carbocycles. The van der Waals surface area contributed by atoms with E-state index >= 15 is 0 Å². The van der Waals surface area contributed by atoms with Gasteiger partial charge in [0.05, 0.1) is 5.39 Å². The first kappa shape index (κ1) is 8.37. The molecule has 0 unspecified atom stereocenters. The SMILES string of the molecule is CSc1ncnc2nc(C)ncc12. The van der Waals surface area contributed by atoms with Gasteiger partial charge in [-0.15, -0.1) is 11.8 Å². The van der Waals surface area contributed by atoms with Gasteiger partial charge >= 0.3 is 0 Å². The molecule has 0 aliphatic rings. The van der Waals surface area contributed by atoms with Crippen LogP contribution in [0.25, 0.3) is 11.0 Å². The van der Waals surface area contributed by atoms with Crippen LogP contribution in [0.5, 0.6) is 0 Å². The molecule has 0 saturated carbocycles. The first-order valence-corrected chi connectivity index (χ1v) is 5.02. The van der Waals surface area contributed by atoms with E-state index in [0.29, 0.717) is 5.65 Å². The fourth-order valence-corrected chi connectivity index (χ4v) is 1.59. The number of hydrogen-bond acceptors (Lipinski definition) is 5. The molecule has 2 aromatic heterocycles. The molecule has 0 bridgehead atoms. The highest BCUT2D eigenvalue weighted by molar-refractivity contribution is 7.98. The molecular formula is C8H8N4S. The molecule has 0 N–H and O–H groups in total. The van der Waals surface area contributed by atoms with Crippen LogP contribution < -0.4 is 0 Å². The summed E-state index contributed by atoms with van der Waals surface area (Å²) in [5, 5.41) is 1.84. The Morgan fingerprint density at radius 2 is 2.08 bits per heavy atom. The van der Waals surface area contributed by atoms with Crippen molar-refractivity contribution in [2.75, 3.05) is 6.26 Å². The number of nitrogens with zero attached hydrogens (tertiary/aromatic N) is 4. The van der Waals surface area contributed by atoms with E-state index in [9.17, 15) is 0 Å². The van der Waals surface area contributed by atoms with Gasteiger partial charge in [-0.3, -0.25) is 0 Å². The van der Waals surface area contributed by atoms with Crippen molar-refractivity contribution in [1.29, 1.82) is 0 Å². The Kier molecular flexibility index (Phi) is 2.10. The summed E-state index contributed by atoms with van der Waals surface area (Å²) in [6.07, 6.45) is 5.27. The van der Waals surface area contributed by atoms with Gasteiger partial charge in [0.25, 0.3) is 0 Å². The smallest absolute Gasteiger partial charge is 0.167 e. The van der Waals surface area contributed by atoms with Gasteiger partial charge in [-0.1, -0.05) is 0 Å². The van der Waals surface area contributed by atoms with Crippen LogP contribution in [0.2, 0.25) is 0 Å². The Labute approximate surface area is 79.8 Å². The molecule has 0 aliphatic heterocycles. The van der Waals surface area contributed by atoms with E-state index < -0.39 is 0 Å². The van der Waals surface area contributed by atoms with Crippen LogP contribution in [0.15, 0.2) is 17.6 Å². The molecule has 0 spiro atoms. The molecule has 5 heteroatoms. The summed E-state index contributed by atoms with van der Waals surface area (Å²) in [6, 6.07) is 0. The van der Waals surface area contributed by atoms with Crippen molar-refractivity contribution in [3.63, 3.8) is 0 Å². The molecule has 4 nitrogen and oxygen atoms in total. The van der Waals surface area contributed by atoms with Crippen LogP contribution in [-0.4, -0.2) is 26.2 Å².